The van der Waals surface area contributed by atoms with Gasteiger partial charge in [-0.05, 0) is 56.7 Å². The van der Waals surface area contributed by atoms with Gasteiger partial charge in [0.1, 0.15) is 12.4 Å². The summed E-state index contributed by atoms with van der Waals surface area (Å²) in [7, 11) is 0. The van der Waals surface area contributed by atoms with E-state index in [-0.39, 0.29) is 13.0 Å². The third-order valence-electron chi connectivity index (χ3n) is 8.89. The summed E-state index contributed by atoms with van der Waals surface area (Å²) in [6, 6.07) is 10.7. The molecular formula is C33H42ClFN6O3. The first-order valence-electron chi connectivity index (χ1n) is 15.8. The lowest BCUT2D eigenvalue weighted by Gasteiger charge is -2.41. The molecule has 236 valence electrons. The maximum absolute atomic E-state index is 13.8. The van der Waals surface area contributed by atoms with Crippen LogP contribution in [0, 0.1) is 11.3 Å². The Balaban J connectivity index is 1.41. The molecule has 0 radical (unpaired) electrons. The van der Waals surface area contributed by atoms with Crippen LogP contribution >= 0.6 is 11.6 Å². The Labute approximate surface area is 264 Å². The second-order valence-electron chi connectivity index (χ2n) is 11.9. The number of carbonyl (C=O) groups is 1. The Morgan fingerprint density at radius 1 is 1.18 bits per heavy atom. The SMILES string of the molecule is C=C(F)C(=O)N1CCN(c2nc(OCC3CCCN3C3COC3)nc(CCCc3ccccc3Cl)c2CCC)CC1CC#N. The summed E-state index contributed by atoms with van der Waals surface area (Å²) in [5, 5.41) is 10.3. The molecule has 2 unspecified atom stereocenters. The summed E-state index contributed by atoms with van der Waals surface area (Å²) in [5.74, 6) is -1.00. The van der Waals surface area contributed by atoms with Crippen molar-refractivity contribution in [3.8, 4) is 12.1 Å². The van der Waals surface area contributed by atoms with E-state index < -0.39 is 17.8 Å². The van der Waals surface area contributed by atoms with Gasteiger partial charge in [0.2, 0.25) is 0 Å². The highest BCUT2D eigenvalue weighted by molar-refractivity contribution is 6.31. The lowest BCUT2D eigenvalue weighted by Crippen LogP contribution is -2.55. The highest BCUT2D eigenvalue weighted by Gasteiger charge is 2.36. The molecule has 3 fully saturated rings. The van der Waals surface area contributed by atoms with Gasteiger partial charge >= 0.3 is 6.01 Å². The molecule has 2 aromatic rings. The maximum Gasteiger partial charge on any atom is 0.318 e. The molecule has 3 aliphatic heterocycles. The molecule has 1 aromatic heterocycles. The normalized spacial score (nSPS) is 20.8. The molecule has 3 saturated heterocycles. The van der Waals surface area contributed by atoms with Crippen molar-refractivity contribution in [1.82, 2.24) is 19.8 Å². The van der Waals surface area contributed by atoms with E-state index in [9.17, 15) is 14.4 Å². The first-order valence-corrected chi connectivity index (χ1v) is 16.1. The predicted octanol–water partition coefficient (Wildman–Crippen LogP) is 4.91. The molecule has 9 nitrogen and oxygen atoms in total. The molecule has 5 rings (SSSR count). The summed E-state index contributed by atoms with van der Waals surface area (Å²) in [6.45, 7) is 9.48. The van der Waals surface area contributed by atoms with Gasteiger partial charge in [0.05, 0.1) is 43.5 Å². The first kappa shape index (κ1) is 32.1. The van der Waals surface area contributed by atoms with Crippen molar-refractivity contribution in [2.24, 2.45) is 0 Å². The summed E-state index contributed by atoms with van der Waals surface area (Å²) in [6.07, 6.45) is 6.35. The van der Waals surface area contributed by atoms with E-state index in [1.807, 2.05) is 18.2 Å². The molecule has 0 saturated carbocycles. The minimum Gasteiger partial charge on any atom is -0.462 e. The average molecular weight is 625 g/mol. The molecule has 4 heterocycles. The molecule has 1 aromatic carbocycles. The van der Waals surface area contributed by atoms with Crippen molar-refractivity contribution in [1.29, 1.82) is 5.26 Å². The number of carbonyl (C=O) groups excluding carboxylic acids is 1. The molecule has 2 atom stereocenters. The number of hydrogen-bond acceptors (Lipinski definition) is 8. The molecule has 0 aliphatic carbocycles. The monoisotopic (exact) mass is 624 g/mol. The zero-order valence-corrected chi connectivity index (χ0v) is 26.3. The van der Waals surface area contributed by atoms with Crippen LogP contribution in [0.3, 0.4) is 0 Å². The lowest BCUT2D eigenvalue weighted by atomic mass is 10.0. The van der Waals surface area contributed by atoms with Gasteiger partial charge in [0.15, 0.2) is 5.83 Å². The Kier molecular flexibility index (Phi) is 11.1. The second kappa shape index (κ2) is 15.2. The van der Waals surface area contributed by atoms with Crippen LogP contribution in [-0.4, -0.2) is 89.8 Å². The standard InChI is InChI=1S/C33H42ClFN6O3/c1-3-8-28-30(13-6-10-24-9-4-5-12-29(24)34)37-33(44-22-26-11-7-16-40(26)27-20-43-21-27)38-31(28)39-17-18-41(32(42)23(2)35)25(19-39)14-15-36/h4-5,9,12,25-27H,2-3,6-8,10-11,13-14,16-22H2,1H3. The van der Waals surface area contributed by atoms with E-state index in [1.165, 1.54) is 4.90 Å². The third kappa shape index (κ3) is 7.51. The fourth-order valence-electron chi connectivity index (χ4n) is 6.54. The zero-order chi connectivity index (χ0) is 31.1. The number of benzene rings is 1. The highest BCUT2D eigenvalue weighted by Crippen LogP contribution is 2.31. The van der Waals surface area contributed by atoms with Crippen molar-refractivity contribution in [2.75, 3.05) is 50.9 Å². The third-order valence-corrected chi connectivity index (χ3v) is 9.26. The van der Waals surface area contributed by atoms with Crippen molar-refractivity contribution < 1.29 is 18.7 Å². The van der Waals surface area contributed by atoms with Gasteiger partial charge in [0.25, 0.3) is 5.91 Å². The second-order valence-corrected chi connectivity index (χ2v) is 12.3. The number of ether oxygens (including phenoxy) is 2. The largest absolute Gasteiger partial charge is 0.462 e. The number of anilines is 1. The predicted molar refractivity (Wildman–Crippen MR) is 168 cm³/mol. The molecule has 0 N–H and O–H groups in total. The minimum absolute atomic E-state index is 0.0835. The number of hydrogen-bond donors (Lipinski definition) is 0. The summed E-state index contributed by atoms with van der Waals surface area (Å²) in [5.41, 5.74) is 3.10. The van der Waals surface area contributed by atoms with Crippen molar-refractivity contribution in [3.63, 3.8) is 0 Å². The summed E-state index contributed by atoms with van der Waals surface area (Å²) >= 11 is 6.44. The summed E-state index contributed by atoms with van der Waals surface area (Å²) < 4.78 is 25.6. The van der Waals surface area contributed by atoms with E-state index >= 15 is 0 Å². The van der Waals surface area contributed by atoms with E-state index in [1.54, 1.807) is 0 Å². The van der Waals surface area contributed by atoms with Crippen LogP contribution < -0.4 is 9.64 Å². The zero-order valence-electron chi connectivity index (χ0n) is 25.5. The molecule has 0 spiro atoms. The number of aryl methyl sites for hydroxylation is 2. The van der Waals surface area contributed by atoms with E-state index in [0.717, 1.165) is 92.4 Å². The van der Waals surface area contributed by atoms with Gasteiger partial charge in [-0.3, -0.25) is 9.69 Å². The van der Waals surface area contributed by atoms with Crippen LogP contribution in [0.2, 0.25) is 5.02 Å². The van der Waals surface area contributed by atoms with Gasteiger partial charge in [-0.15, -0.1) is 0 Å². The Morgan fingerprint density at radius 3 is 2.70 bits per heavy atom. The number of rotatable bonds is 13. The number of nitrogens with zero attached hydrogens (tertiary/aromatic N) is 6. The van der Waals surface area contributed by atoms with E-state index in [2.05, 4.69) is 35.4 Å². The minimum atomic E-state index is -1.01. The quantitative estimate of drug-likeness (QED) is 0.290. The van der Waals surface area contributed by atoms with E-state index in [4.69, 9.17) is 31.0 Å². The van der Waals surface area contributed by atoms with Crippen molar-refractivity contribution >= 4 is 23.3 Å². The number of aromatic nitrogens is 2. The van der Waals surface area contributed by atoms with Crippen LogP contribution in [0.1, 0.15) is 55.8 Å². The Hall–Kier alpha value is -3.26. The number of halogens is 2. The number of nitriles is 1. The van der Waals surface area contributed by atoms with E-state index in [0.29, 0.717) is 37.8 Å². The number of piperazine rings is 1. The number of likely N-dealkylation sites (tertiary alicyclic amines) is 1. The van der Waals surface area contributed by atoms with Crippen LogP contribution in [0.15, 0.2) is 36.7 Å². The molecule has 3 aliphatic rings. The summed E-state index contributed by atoms with van der Waals surface area (Å²) in [4.78, 5) is 28.5. The van der Waals surface area contributed by atoms with Gasteiger partial charge < -0.3 is 19.3 Å². The van der Waals surface area contributed by atoms with Gasteiger partial charge in [0, 0.05) is 36.3 Å². The van der Waals surface area contributed by atoms with Crippen LogP contribution in [-0.2, 0) is 28.8 Å². The Bertz CT molecular complexity index is 1370. The average Bonchev–Trinajstić information content (AvgIpc) is 3.44. The topological polar surface area (TPSA) is 94.8 Å². The van der Waals surface area contributed by atoms with Crippen LogP contribution in [0.5, 0.6) is 6.01 Å². The molecule has 1 amide bonds. The molecule has 44 heavy (non-hydrogen) atoms. The van der Waals surface area contributed by atoms with Gasteiger partial charge in [-0.1, -0.05) is 49.7 Å². The van der Waals surface area contributed by atoms with Crippen molar-refractivity contribution in [3.05, 3.63) is 58.5 Å². The fourth-order valence-corrected chi connectivity index (χ4v) is 6.77. The maximum atomic E-state index is 13.8. The van der Waals surface area contributed by atoms with Crippen LogP contribution in [0.25, 0.3) is 0 Å². The molecule has 11 heteroatoms. The van der Waals surface area contributed by atoms with Gasteiger partial charge in [-0.25, -0.2) is 4.39 Å². The van der Waals surface area contributed by atoms with Crippen LogP contribution in [0.4, 0.5) is 10.2 Å². The molecular weight excluding hydrogens is 583 g/mol. The van der Waals surface area contributed by atoms with Gasteiger partial charge in [-0.2, -0.15) is 15.2 Å². The fraction of sp³-hybridized carbons (Fsp3) is 0.576. The smallest absolute Gasteiger partial charge is 0.318 e. The first-order chi connectivity index (χ1) is 21.4. The molecule has 0 bridgehead atoms. The highest BCUT2D eigenvalue weighted by atomic mass is 35.5. The number of amides is 1. The Morgan fingerprint density at radius 2 is 2.00 bits per heavy atom. The van der Waals surface area contributed by atoms with Crippen molar-refractivity contribution in [2.45, 2.75) is 76.4 Å². The lowest BCUT2D eigenvalue weighted by molar-refractivity contribution is -0.131.